The van der Waals surface area contributed by atoms with E-state index in [1.165, 1.54) is 12.1 Å². The van der Waals surface area contributed by atoms with Crippen LogP contribution in [0.5, 0.6) is 0 Å². The number of nitrogens with two attached hydrogens (primary N) is 1. The normalized spacial score (nSPS) is 13.8. The highest BCUT2D eigenvalue weighted by molar-refractivity contribution is 5.94. The molecule has 2 N–H and O–H groups in total. The zero-order valence-corrected chi connectivity index (χ0v) is 12.6. The van der Waals surface area contributed by atoms with Crippen LogP contribution in [0.4, 0.5) is 10.1 Å². The summed E-state index contributed by atoms with van der Waals surface area (Å²) in [6.45, 7) is 6.33. The predicted octanol–water partition coefficient (Wildman–Crippen LogP) is 3.33. The van der Waals surface area contributed by atoms with Crippen LogP contribution in [0.2, 0.25) is 0 Å². The third-order valence-corrected chi connectivity index (χ3v) is 3.42. The van der Waals surface area contributed by atoms with Crippen molar-refractivity contribution in [1.29, 1.82) is 0 Å². The van der Waals surface area contributed by atoms with E-state index >= 15 is 0 Å². The topological polar surface area (TPSA) is 46.3 Å². The van der Waals surface area contributed by atoms with Crippen LogP contribution in [0.1, 0.15) is 40.0 Å². The van der Waals surface area contributed by atoms with E-state index in [0.29, 0.717) is 12.2 Å². The molecule has 0 radical (unpaired) electrons. The van der Waals surface area contributed by atoms with Gasteiger partial charge in [0.05, 0.1) is 0 Å². The van der Waals surface area contributed by atoms with Crippen LogP contribution in [-0.4, -0.2) is 18.5 Å². The Labute approximate surface area is 121 Å². The molecule has 0 bridgehead atoms. The van der Waals surface area contributed by atoms with Gasteiger partial charge < -0.3 is 10.6 Å². The van der Waals surface area contributed by atoms with Gasteiger partial charge in [-0.05, 0) is 44.9 Å². The monoisotopic (exact) mass is 280 g/mol. The molecule has 4 heteroatoms. The maximum atomic E-state index is 13.3. The molecule has 0 saturated heterocycles. The summed E-state index contributed by atoms with van der Waals surface area (Å²) >= 11 is 0. The Kier molecular flexibility index (Phi) is 6.65. The highest BCUT2D eigenvalue weighted by Gasteiger charge is 2.20. The molecule has 3 nitrogen and oxygen atoms in total. The molecule has 0 spiro atoms. The van der Waals surface area contributed by atoms with Crippen molar-refractivity contribution in [3.63, 3.8) is 0 Å². The summed E-state index contributed by atoms with van der Waals surface area (Å²) in [6, 6.07) is 6.34. The van der Waals surface area contributed by atoms with E-state index in [1.807, 2.05) is 20.8 Å². The van der Waals surface area contributed by atoms with Gasteiger partial charge in [0.15, 0.2) is 0 Å². The molecule has 0 aliphatic rings. The van der Waals surface area contributed by atoms with E-state index in [2.05, 4.69) is 0 Å². The van der Waals surface area contributed by atoms with Crippen molar-refractivity contribution < 1.29 is 9.18 Å². The number of hydrogen-bond acceptors (Lipinski definition) is 2. The molecule has 0 aliphatic heterocycles. The second-order valence-electron chi connectivity index (χ2n) is 5.37. The number of nitrogens with zero attached hydrogens (tertiary/aromatic N) is 1. The summed E-state index contributed by atoms with van der Waals surface area (Å²) in [5.74, 6) is -0.349. The van der Waals surface area contributed by atoms with E-state index in [9.17, 15) is 9.18 Å². The summed E-state index contributed by atoms with van der Waals surface area (Å²) in [6.07, 6.45) is 2.67. The molecule has 0 aromatic heterocycles. The lowest BCUT2D eigenvalue weighted by Gasteiger charge is -2.24. The van der Waals surface area contributed by atoms with Crippen molar-refractivity contribution in [2.75, 3.05) is 11.4 Å². The van der Waals surface area contributed by atoms with Gasteiger partial charge in [0.25, 0.3) is 0 Å². The molecule has 0 aliphatic carbocycles. The fraction of sp³-hybridized carbons (Fsp3) is 0.562. The molecule has 0 heterocycles. The average molecular weight is 280 g/mol. The molecular formula is C16H25FN2O. The SMILES string of the molecule is CCN(C(=O)C(C)CCCC(C)N)c1cccc(F)c1. The zero-order chi connectivity index (χ0) is 15.1. The lowest BCUT2D eigenvalue weighted by molar-refractivity contribution is -0.122. The number of rotatable bonds is 7. The van der Waals surface area contributed by atoms with Crippen LogP contribution < -0.4 is 10.6 Å². The molecule has 0 saturated carbocycles. The van der Waals surface area contributed by atoms with Crippen molar-refractivity contribution in [3.05, 3.63) is 30.1 Å². The van der Waals surface area contributed by atoms with Crippen LogP contribution in [0.3, 0.4) is 0 Å². The lowest BCUT2D eigenvalue weighted by atomic mass is 10.0. The van der Waals surface area contributed by atoms with Gasteiger partial charge in [0, 0.05) is 24.2 Å². The maximum Gasteiger partial charge on any atom is 0.229 e. The zero-order valence-electron chi connectivity index (χ0n) is 12.6. The fourth-order valence-corrected chi connectivity index (χ4v) is 2.25. The Hall–Kier alpha value is -1.42. The Balaban J connectivity index is 2.67. The first kappa shape index (κ1) is 16.6. The quantitative estimate of drug-likeness (QED) is 0.832. The van der Waals surface area contributed by atoms with Crippen molar-refractivity contribution in [2.45, 2.75) is 46.1 Å². The van der Waals surface area contributed by atoms with E-state index < -0.39 is 0 Å². The highest BCUT2D eigenvalue weighted by atomic mass is 19.1. The van der Waals surface area contributed by atoms with E-state index in [-0.39, 0.29) is 23.7 Å². The number of amides is 1. The third kappa shape index (κ3) is 4.93. The van der Waals surface area contributed by atoms with Crippen LogP contribution in [0.15, 0.2) is 24.3 Å². The summed E-state index contributed by atoms with van der Waals surface area (Å²) < 4.78 is 13.3. The van der Waals surface area contributed by atoms with Crippen molar-refractivity contribution in [3.8, 4) is 0 Å². The van der Waals surface area contributed by atoms with E-state index in [4.69, 9.17) is 5.73 Å². The minimum atomic E-state index is -0.321. The Morgan fingerprint density at radius 1 is 1.35 bits per heavy atom. The van der Waals surface area contributed by atoms with E-state index in [0.717, 1.165) is 19.3 Å². The number of anilines is 1. The summed E-state index contributed by atoms with van der Waals surface area (Å²) in [5.41, 5.74) is 6.33. The molecule has 1 aromatic rings. The van der Waals surface area contributed by atoms with Crippen molar-refractivity contribution in [1.82, 2.24) is 0 Å². The number of benzene rings is 1. The van der Waals surface area contributed by atoms with Crippen molar-refractivity contribution >= 4 is 11.6 Å². The van der Waals surface area contributed by atoms with Crippen LogP contribution in [0, 0.1) is 11.7 Å². The van der Waals surface area contributed by atoms with Gasteiger partial charge in [-0.25, -0.2) is 4.39 Å². The molecule has 2 unspecified atom stereocenters. The molecule has 112 valence electrons. The maximum absolute atomic E-state index is 13.3. The van der Waals surface area contributed by atoms with Gasteiger partial charge in [-0.2, -0.15) is 0 Å². The Morgan fingerprint density at radius 3 is 2.60 bits per heavy atom. The molecule has 20 heavy (non-hydrogen) atoms. The van der Waals surface area contributed by atoms with Gasteiger partial charge >= 0.3 is 0 Å². The lowest BCUT2D eigenvalue weighted by Crippen LogP contribution is -2.35. The first-order valence-electron chi connectivity index (χ1n) is 7.28. The largest absolute Gasteiger partial charge is 0.328 e. The summed E-state index contributed by atoms with van der Waals surface area (Å²) in [7, 11) is 0. The molecular weight excluding hydrogens is 255 g/mol. The Bertz CT molecular complexity index is 434. The molecule has 1 rings (SSSR count). The summed E-state index contributed by atoms with van der Waals surface area (Å²) in [4.78, 5) is 14.1. The molecule has 1 amide bonds. The standard InChI is InChI=1S/C16H25FN2O/c1-4-19(15-10-6-9-14(17)11-15)16(20)12(2)7-5-8-13(3)18/h6,9-13H,4-5,7-8,18H2,1-3H3. The number of halogens is 1. The third-order valence-electron chi connectivity index (χ3n) is 3.42. The smallest absolute Gasteiger partial charge is 0.229 e. The Morgan fingerprint density at radius 2 is 2.05 bits per heavy atom. The minimum Gasteiger partial charge on any atom is -0.328 e. The van der Waals surface area contributed by atoms with Crippen LogP contribution in [-0.2, 0) is 4.79 Å². The number of carbonyl (C=O) groups excluding carboxylic acids is 1. The predicted molar refractivity (Wildman–Crippen MR) is 81.1 cm³/mol. The van der Waals surface area contributed by atoms with Crippen LogP contribution >= 0.6 is 0 Å². The van der Waals surface area contributed by atoms with Gasteiger partial charge in [-0.15, -0.1) is 0 Å². The first-order valence-corrected chi connectivity index (χ1v) is 7.28. The number of hydrogen-bond donors (Lipinski definition) is 1. The van der Waals surface area contributed by atoms with Gasteiger partial charge in [0.1, 0.15) is 5.82 Å². The average Bonchev–Trinajstić information content (AvgIpc) is 2.39. The molecule has 1 aromatic carbocycles. The number of carbonyl (C=O) groups is 1. The first-order chi connectivity index (χ1) is 9.45. The van der Waals surface area contributed by atoms with Crippen LogP contribution in [0.25, 0.3) is 0 Å². The molecule has 0 fully saturated rings. The fourth-order valence-electron chi connectivity index (χ4n) is 2.25. The van der Waals surface area contributed by atoms with Gasteiger partial charge in [0.2, 0.25) is 5.91 Å². The highest BCUT2D eigenvalue weighted by Crippen LogP contribution is 2.20. The summed E-state index contributed by atoms with van der Waals surface area (Å²) in [5, 5.41) is 0. The van der Waals surface area contributed by atoms with E-state index in [1.54, 1.807) is 17.0 Å². The minimum absolute atomic E-state index is 0.0442. The second-order valence-corrected chi connectivity index (χ2v) is 5.37. The van der Waals surface area contributed by atoms with Gasteiger partial charge in [-0.3, -0.25) is 4.79 Å². The molecule has 2 atom stereocenters. The van der Waals surface area contributed by atoms with Crippen molar-refractivity contribution in [2.24, 2.45) is 11.7 Å². The second kappa shape index (κ2) is 8.00. The van der Waals surface area contributed by atoms with Gasteiger partial charge in [-0.1, -0.05) is 19.4 Å².